The second-order valence-electron chi connectivity index (χ2n) is 4.01. The smallest absolute Gasteiger partial charge is 0.262 e. The molecule has 1 aromatic carbocycles. The first-order valence-corrected chi connectivity index (χ1v) is 8.05. The monoisotopic (exact) mass is 378 g/mol. The summed E-state index contributed by atoms with van der Waals surface area (Å²) in [7, 11) is -3.89. The lowest BCUT2D eigenvalue weighted by Crippen LogP contribution is -2.14. The van der Waals surface area contributed by atoms with Crippen LogP contribution in [0.15, 0.2) is 39.8 Å². The molecule has 0 saturated heterocycles. The number of nitrogens with one attached hydrogen (secondary N) is 1. The van der Waals surface area contributed by atoms with Crippen LogP contribution in [0.25, 0.3) is 0 Å². The minimum atomic E-state index is -3.89. The van der Waals surface area contributed by atoms with E-state index in [1.807, 2.05) is 0 Å². The zero-order valence-corrected chi connectivity index (χ0v) is 13.4. The van der Waals surface area contributed by atoms with E-state index in [2.05, 4.69) is 25.6 Å². The van der Waals surface area contributed by atoms with Gasteiger partial charge in [-0.25, -0.2) is 17.8 Å². The van der Waals surface area contributed by atoms with Crippen molar-refractivity contribution in [3.63, 3.8) is 0 Å². The predicted octanol–water partition coefficient (Wildman–Crippen LogP) is 3.75. The first kappa shape index (κ1) is 15.2. The Balaban J connectivity index is 2.40. The van der Waals surface area contributed by atoms with Gasteiger partial charge < -0.3 is 0 Å². The van der Waals surface area contributed by atoms with Gasteiger partial charge in [-0.1, -0.05) is 17.7 Å². The van der Waals surface area contributed by atoms with Gasteiger partial charge in [0.25, 0.3) is 10.0 Å². The van der Waals surface area contributed by atoms with Crippen LogP contribution >= 0.6 is 27.5 Å². The van der Waals surface area contributed by atoms with Gasteiger partial charge in [-0.3, -0.25) is 4.72 Å². The molecule has 4 nitrogen and oxygen atoms in total. The summed E-state index contributed by atoms with van der Waals surface area (Å²) in [5.74, 6) is -0.619. The van der Waals surface area contributed by atoms with Crippen molar-refractivity contribution in [3.05, 3.63) is 51.5 Å². The highest BCUT2D eigenvalue weighted by molar-refractivity contribution is 9.10. The molecule has 0 aliphatic heterocycles. The van der Waals surface area contributed by atoms with Crippen molar-refractivity contribution in [2.75, 3.05) is 4.72 Å². The summed E-state index contributed by atoms with van der Waals surface area (Å²) in [5, 5.41) is 0.217. The Hall–Kier alpha value is -1.18. The van der Waals surface area contributed by atoms with Crippen molar-refractivity contribution >= 4 is 43.2 Å². The van der Waals surface area contributed by atoms with E-state index in [4.69, 9.17) is 11.6 Å². The molecule has 0 aliphatic rings. The number of nitrogens with zero attached hydrogens (tertiary/aromatic N) is 1. The van der Waals surface area contributed by atoms with Crippen molar-refractivity contribution in [1.29, 1.82) is 0 Å². The number of benzene rings is 1. The van der Waals surface area contributed by atoms with Crippen LogP contribution in [-0.4, -0.2) is 13.4 Å². The number of rotatable bonds is 3. The molecule has 0 aliphatic carbocycles. The molecule has 1 N–H and O–H groups in total. The number of hydrogen-bond donors (Lipinski definition) is 1. The number of hydrogen-bond acceptors (Lipinski definition) is 3. The second kappa shape index (κ2) is 5.67. The Kier molecular flexibility index (Phi) is 4.31. The zero-order valence-electron chi connectivity index (χ0n) is 10.2. The van der Waals surface area contributed by atoms with Gasteiger partial charge in [0.1, 0.15) is 11.0 Å². The van der Waals surface area contributed by atoms with E-state index < -0.39 is 15.8 Å². The van der Waals surface area contributed by atoms with E-state index >= 15 is 0 Å². The highest BCUT2D eigenvalue weighted by Gasteiger charge is 2.18. The normalized spacial score (nSPS) is 11.4. The van der Waals surface area contributed by atoms with Crippen LogP contribution in [0.4, 0.5) is 10.1 Å². The van der Waals surface area contributed by atoms with Crippen LogP contribution in [0.2, 0.25) is 5.15 Å². The van der Waals surface area contributed by atoms with E-state index in [0.717, 1.165) is 6.07 Å². The standard InChI is InChI=1S/C12H9BrClFN2O2S/c1-7-2-3-8(15)4-11(7)20(18,19)17-9-5-10(13)12(14)16-6-9/h2-6,17H,1H3. The largest absolute Gasteiger partial charge is 0.278 e. The Bertz CT molecular complexity index is 768. The highest BCUT2D eigenvalue weighted by Crippen LogP contribution is 2.25. The Morgan fingerprint density at radius 1 is 1.35 bits per heavy atom. The Labute approximate surface area is 129 Å². The summed E-state index contributed by atoms with van der Waals surface area (Å²) in [4.78, 5) is 3.69. The number of aromatic nitrogens is 1. The maximum absolute atomic E-state index is 13.2. The molecule has 0 radical (unpaired) electrons. The van der Waals surface area contributed by atoms with E-state index in [1.54, 1.807) is 6.92 Å². The molecule has 0 bridgehead atoms. The third kappa shape index (κ3) is 3.28. The van der Waals surface area contributed by atoms with E-state index in [1.165, 1.54) is 24.4 Å². The first-order chi connectivity index (χ1) is 9.29. The second-order valence-corrected chi connectivity index (χ2v) is 6.88. The molecule has 1 aromatic heterocycles. The van der Waals surface area contributed by atoms with Gasteiger partial charge in [-0.2, -0.15) is 0 Å². The molecule has 0 spiro atoms. The minimum Gasteiger partial charge on any atom is -0.278 e. The van der Waals surface area contributed by atoms with Gasteiger partial charge in [0.15, 0.2) is 0 Å². The van der Waals surface area contributed by atoms with Crippen molar-refractivity contribution < 1.29 is 12.8 Å². The molecule has 0 fully saturated rings. The number of sulfonamides is 1. The van der Waals surface area contributed by atoms with Crippen LogP contribution in [0.5, 0.6) is 0 Å². The first-order valence-electron chi connectivity index (χ1n) is 5.39. The van der Waals surface area contributed by atoms with Gasteiger partial charge in [-0.15, -0.1) is 0 Å². The molecule has 106 valence electrons. The van der Waals surface area contributed by atoms with E-state index in [-0.39, 0.29) is 15.7 Å². The molecule has 0 unspecified atom stereocenters. The summed E-state index contributed by atoms with van der Waals surface area (Å²) >= 11 is 8.88. The van der Waals surface area contributed by atoms with E-state index in [9.17, 15) is 12.8 Å². The van der Waals surface area contributed by atoms with Gasteiger partial charge in [0, 0.05) is 0 Å². The number of anilines is 1. The summed E-state index contributed by atoms with van der Waals surface area (Å²) in [6.45, 7) is 1.59. The third-order valence-corrected chi connectivity index (χ3v) is 5.15. The zero-order chi connectivity index (χ0) is 14.9. The molecule has 2 aromatic rings. The SMILES string of the molecule is Cc1ccc(F)cc1S(=O)(=O)Nc1cnc(Cl)c(Br)c1. The molecular weight excluding hydrogens is 371 g/mol. The van der Waals surface area contributed by atoms with Gasteiger partial charge in [-0.05, 0) is 46.6 Å². The number of pyridine rings is 1. The van der Waals surface area contributed by atoms with Crippen molar-refractivity contribution in [2.45, 2.75) is 11.8 Å². The molecule has 1 heterocycles. The molecule has 2 rings (SSSR count). The fourth-order valence-corrected chi connectivity index (χ4v) is 3.29. The van der Waals surface area contributed by atoms with Crippen LogP contribution in [0.3, 0.4) is 0 Å². The van der Waals surface area contributed by atoms with Crippen LogP contribution in [0.1, 0.15) is 5.56 Å². The Morgan fingerprint density at radius 3 is 2.70 bits per heavy atom. The molecule has 0 saturated carbocycles. The topological polar surface area (TPSA) is 59.1 Å². The maximum atomic E-state index is 13.2. The summed E-state index contributed by atoms with van der Waals surface area (Å²) in [6.07, 6.45) is 1.28. The number of halogens is 3. The van der Waals surface area contributed by atoms with Crippen molar-refractivity contribution in [3.8, 4) is 0 Å². The van der Waals surface area contributed by atoms with Crippen LogP contribution < -0.4 is 4.72 Å². The fourth-order valence-electron chi connectivity index (χ4n) is 1.55. The summed E-state index contributed by atoms with van der Waals surface area (Å²) in [6, 6.07) is 5.05. The Morgan fingerprint density at radius 2 is 2.05 bits per heavy atom. The quantitative estimate of drug-likeness (QED) is 0.826. The molecular formula is C12H9BrClFN2O2S. The third-order valence-electron chi connectivity index (χ3n) is 2.49. The molecule has 20 heavy (non-hydrogen) atoms. The molecule has 0 atom stereocenters. The highest BCUT2D eigenvalue weighted by atomic mass is 79.9. The summed E-state index contributed by atoms with van der Waals surface area (Å²) < 4.78 is 40.4. The van der Waals surface area contributed by atoms with Crippen molar-refractivity contribution in [1.82, 2.24) is 4.98 Å². The molecule has 8 heteroatoms. The minimum absolute atomic E-state index is 0.122. The maximum Gasteiger partial charge on any atom is 0.262 e. The van der Waals surface area contributed by atoms with Gasteiger partial charge >= 0.3 is 0 Å². The van der Waals surface area contributed by atoms with Gasteiger partial charge in [0.2, 0.25) is 0 Å². The van der Waals surface area contributed by atoms with Crippen LogP contribution in [-0.2, 0) is 10.0 Å². The summed E-state index contributed by atoms with van der Waals surface area (Å²) in [5.41, 5.74) is 0.671. The fraction of sp³-hybridized carbons (Fsp3) is 0.0833. The average molecular weight is 380 g/mol. The van der Waals surface area contributed by atoms with Gasteiger partial charge in [0.05, 0.1) is 21.3 Å². The average Bonchev–Trinajstić information content (AvgIpc) is 2.36. The van der Waals surface area contributed by atoms with Crippen LogP contribution in [0, 0.1) is 12.7 Å². The molecule has 0 amide bonds. The predicted molar refractivity (Wildman–Crippen MR) is 78.9 cm³/mol. The number of aryl methyl sites for hydroxylation is 1. The lowest BCUT2D eigenvalue weighted by Gasteiger charge is -2.10. The van der Waals surface area contributed by atoms with Crippen molar-refractivity contribution in [2.24, 2.45) is 0 Å². The lowest BCUT2D eigenvalue weighted by molar-refractivity contribution is 0.594. The van der Waals surface area contributed by atoms with E-state index in [0.29, 0.717) is 10.0 Å². The lowest BCUT2D eigenvalue weighted by atomic mass is 10.2.